The van der Waals surface area contributed by atoms with Crippen molar-refractivity contribution in [3.05, 3.63) is 64.7 Å². The smallest absolute Gasteiger partial charge is 0.388 e. The summed E-state index contributed by atoms with van der Waals surface area (Å²) < 4.78 is 40.8. The Morgan fingerprint density at radius 2 is 1.78 bits per heavy atom. The molecule has 2 aromatic carbocycles. The standard InChI is InChI=1S/C22H21F3N4O2S/c23-22(24,25)14-8-2-1-7-13(14)20(31)28-16(10-4-6-12-18(26)27)19(30)21-29-15-9-3-5-11-17(15)32-21/h1-3,5,7-9,11,16H,4,6,10,12H2,(H3,26,27)(H,28,31)/t16-/m0/s1. The molecule has 1 amide bonds. The molecule has 0 radical (unpaired) electrons. The number of hydrogen-bond donors (Lipinski definition) is 3. The van der Waals surface area contributed by atoms with Crippen molar-refractivity contribution in [2.24, 2.45) is 5.73 Å². The number of nitrogens with zero attached hydrogens (tertiary/aromatic N) is 1. The van der Waals surface area contributed by atoms with Crippen LogP contribution in [0.3, 0.4) is 0 Å². The van der Waals surface area contributed by atoms with Crippen LogP contribution in [-0.4, -0.2) is 28.6 Å². The molecule has 0 saturated carbocycles. The number of Topliss-reactive ketones (excluding diaryl/α,β-unsaturated/α-hetero) is 1. The van der Waals surface area contributed by atoms with E-state index in [0.29, 0.717) is 24.8 Å². The third-order valence-electron chi connectivity index (χ3n) is 4.79. The number of para-hydroxylation sites is 1. The number of halogens is 3. The number of benzene rings is 2. The lowest BCUT2D eigenvalue weighted by molar-refractivity contribution is -0.137. The van der Waals surface area contributed by atoms with Gasteiger partial charge < -0.3 is 11.1 Å². The number of fused-ring (bicyclic) bond motifs is 1. The molecule has 0 unspecified atom stereocenters. The average molecular weight is 462 g/mol. The zero-order valence-corrected chi connectivity index (χ0v) is 17.7. The third-order valence-corrected chi connectivity index (χ3v) is 5.84. The van der Waals surface area contributed by atoms with Gasteiger partial charge in [-0.25, -0.2) is 4.98 Å². The second kappa shape index (κ2) is 9.90. The molecule has 0 bridgehead atoms. The molecule has 1 aromatic heterocycles. The summed E-state index contributed by atoms with van der Waals surface area (Å²) in [4.78, 5) is 30.2. The molecule has 0 fully saturated rings. The maximum Gasteiger partial charge on any atom is 0.417 e. The molecule has 0 saturated heterocycles. The van der Waals surface area contributed by atoms with Crippen LogP contribution in [0, 0.1) is 5.41 Å². The van der Waals surface area contributed by atoms with Gasteiger partial charge in [0.25, 0.3) is 5.91 Å². The number of nitrogens with one attached hydrogen (secondary N) is 2. The quantitative estimate of drug-likeness (QED) is 0.184. The molecule has 3 aromatic rings. The number of thiazole rings is 1. The van der Waals surface area contributed by atoms with Crippen LogP contribution < -0.4 is 11.1 Å². The lowest BCUT2D eigenvalue weighted by Gasteiger charge is -2.18. The first-order valence-electron chi connectivity index (χ1n) is 9.86. The second-order valence-electron chi connectivity index (χ2n) is 7.19. The van der Waals surface area contributed by atoms with E-state index in [-0.39, 0.29) is 17.3 Å². The van der Waals surface area contributed by atoms with Crippen LogP contribution in [0.1, 0.15) is 51.4 Å². The fourth-order valence-corrected chi connectivity index (χ4v) is 4.18. The van der Waals surface area contributed by atoms with Gasteiger partial charge in [-0.2, -0.15) is 13.2 Å². The molecule has 1 heterocycles. The van der Waals surface area contributed by atoms with E-state index in [4.69, 9.17) is 11.1 Å². The van der Waals surface area contributed by atoms with Crippen LogP contribution >= 0.6 is 11.3 Å². The highest BCUT2D eigenvalue weighted by Crippen LogP contribution is 2.32. The van der Waals surface area contributed by atoms with E-state index in [1.54, 1.807) is 12.1 Å². The summed E-state index contributed by atoms with van der Waals surface area (Å²) in [7, 11) is 0. The van der Waals surface area contributed by atoms with Crippen LogP contribution in [-0.2, 0) is 6.18 Å². The molecule has 1 atom stereocenters. The Morgan fingerprint density at radius 1 is 1.09 bits per heavy atom. The van der Waals surface area contributed by atoms with E-state index < -0.39 is 35.0 Å². The first-order valence-corrected chi connectivity index (χ1v) is 10.7. The van der Waals surface area contributed by atoms with Crippen molar-refractivity contribution in [2.45, 2.75) is 37.9 Å². The van der Waals surface area contributed by atoms with Gasteiger partial charge in [-0.05, 0) is 37.1 Å². The molecule has 10 heteroatoms. The summed E-state index contributed by atoms with van der Waals surface area (Å²) in [5, 5.41) is 9.94. The molecule has 0 spiro atoms. The number of rotatable bonds is 9. The Morgan fingerprint density at radius 3 is 2.47 bits per heavy atom. The van der Waals surface area contributed by atoms with Crippen molar-refractivity contribution in [3.63, 3.8) is 0 Å². The number of ketones is 1. The van der Waals surface area contributed by atoms with Crippen molar-refractivity contribution < 1.29 is 22.8 Å². The first-order chi connectivity index (χ1) is 15.2. The predicted molar refractivity (Wildman–Crippen MR) is 117 cm³/mol. The van der Waals surface area contributed by atoms with E-state index in [2.05, 4.69) is 10.3 Å². The minimum atomic E-state index is -4.71. The number of aromatic nitrogens is 1. The Bertz CT molecular complexity index is 1110. The van der Waals surface area contributed by atoms with Gasteiger partial charge in [-0.1, -0.05) is 30.7 Å². The number of alkyl halides is 3. The topological polar surface area (TPSA) is 109 Å². The number of hydrogen-bond acceptors (Lipinski definition) is 5. The molecule has 168 valence electrons. The summed E-state index contributed by atoms with van der Waals surface area (Å²) in [6, 6.07) is 10.5. The van der Waals surface area contributed by atoms with E-state index >= 15 is 0 Å². The first kappa shape index (κ1) is 23.4. The van der Waals surface area contributed by atoms with Crippen LogP contribution in [0.5, 0.6) is 0 Å². The Kier molecular flexibility index (Phi) is 7.24. The Labute approximate surface area is 186 Å². The summed E-state index contributed by atoms with van der Waals surface area (Å²) >= 11 is 1.16. The summed E-state index contributed by atoms with van der Waals surface area (Å²) in [6.07, 6.45) is -3.24. The van der Waals surface area contributed by atoms with Crippen molar-refractivity contribution in [2.75, 3.05) is 0 Å². The molecule has 0 aliphatic carbocycles. The van der Waals surface area contributed by atoms with Gasteiger partial charge in [0, 0.05) is 6.42 Å². The summed E-state index contributed by atoms with van der Waals surface area (Å²) in [5.74, 6) is -1.45. The molecular weight excluding hydrogens is 441 g/mol. The van der Waals surface area contributed by atoms with Crippen LogP contribution in [0.2, 0.25) is 0 Å². The highest BCUT2D eigenvalue weighted by atomic mass is 32.1. The monoisotopic (exact) mass is 462 g/mol. The third kappa shape index (κ3) is 5.70. The Hall–Kier alpha value is -3.27. The number of amides is 1. The van der Waals surface area contributed by atoms with Crippen LogP contribution in [0.15, 0.2) is 48.5 Å². The highest BCUT2D eigenvalue weighted by molar-refractivity contribution is 7.20. The highest BCUT2D eigenvalue weighted by Gasteiger charge is 2.35. The normalized spacial score (nSPS) is 12.5. The number of carbonyl (C=O) groups is 2. The molecular formula is C22H21F3N4O2S. The second-order valence-corrected chi connectivity index (χ2v) is 8.22. The maximum absolute atomic E-state index is 13.3. The molecule has 0 aliphatic rings. The molecule has 3 rings (SSSR count). The van der Waals surface area contributed by atoms with Crippen molar-refractivity contribution >= 4 is 39.1 Å². The van der Waals surface area contributed by atoms with Gasteiger partial charge in [0.15, 0.2) is 5.01 Å². The minimum absolute atomic E-state index is 0.00203. The van der Waals surface area contributed by atoms with Crippen molar-refractivity contribution in [3.8, 4) is 0 Å². The number of unbranched alkanes of at least 4 members (excludes halogenated alkanes) is 1. The van der Waals surface area contributed by atoms with Crippen molar-refractivity contribution in [1.29, 1.82) is 5.41 Å². The summed E-state index contributed by atoms with van der Waals surface area (Å²) in [5.41, 5.74) is 4.36. The predicted octanol–water partition coefficient (Wildman–Crippen LogP) is 4.79. The van der Waals surface area contributed by atoms with E-state index in [0.717, 1.165) is 28.2 Å². The number of amidine groups is 1. The van der Waals surface area contributed by atoms with Gasteiger partial charge >= 0.3 is 6.18 Å². The van der Waals surface area contributed by atoms with E-state index in [1.165, 1.54) is 12.1 Å². The van der Waals surface area contributed by atoms with Crippen molar-refractivity contribution in [1.82, 2.24) is 10.3 Å². The largest absolute Gasteiger partial charge is 0.417 e. The number of nitrogens with two attached hydrogens (primary N) is 1. The lowest BCUT2D eigenvalue weighted by Crippen LogP contribution is -2.41. The number of carbonyl (C=O) groups excluding carboxylic acids is 2. The SMILES string of the molecule is N=C(N)CCCC[C@H](NC(=O)c1ccccc1C(F)(F)F)C(=O)c1nc2ccccc2s1. The average Bonchev–Trinajstić information content (AvgIpc) is 3.18. The van der Waals surface area contributed by atoms with Crippen LogP contribution in [0.4, 0.5) is 13.2 Å². The zero-order chi connectivity index (χ0) is 23.3. The fraction of sp³-hybridized carbons (Fsp3) is 0.273. The summed E-state index contributed by atoms with van der Waals surface area (Å²) in [6.45, 7) is 0. The van der Waals surface area contributed by atoms with Crippen LogP contribution in [0.25, 0.3) is 10.2 Å². The van der Waals surface area contributed by atoms with Gasteiger partial charge in [0.2, 0.25) is 5.78 Å². The molecule has 32 heavy (non-hydrogen) atoms. The Balaban J connectivity index is 1.85. The van der Waals surface area contributed by atoms with Gasteiger partial charge in [-0.15, -0.1) is 11.3 Å². The zero-order valence-electron chi connectivity index (χ0n) is 16.9. The van der Waals surface area contributed by atoms with Gasteiger partial charge in [-0.3, -0.25) is 15.0 Å². The molecule has 6 nitrogen and oxygen atoms in total. The van der Waals surface area contributed by atoms with E-state index in [1.807, 2.05) is 12.1 Å². The maximum atomic E-state index is 13.3. The van der Waals surface area contributed by atoms with E-state index in [9.17, 15) is 22.8 Å². The lowest BCUT2D eigenvalue weighted by atomic mass is 10.0. The molecule has 4 N–H and O–H groups in total. The fourth-order valence-electron chi connectivity index (χ4n) is 3.22. The van der Waals surface area contributed by atoms with Gasteiger partial charge in [0.1, 0.15) is 0 Å². The minimum Gasteiger partial charge on any atom is -0.388 e. The van der Waals surface area contributed by atoms with Gasteiger partial charge in [0.05, 0.1) is 33.2 Å². The molecule has 0 aliphatic heterocycles.